The van der Waals surface area contributed by atoms with Crippen LogP contribution in [-0.2, 0) is 0 Å². The topological polar surface area (TPSA) is 11.3 Å². The maximum absolute atomic E-state index is 6.21. The van der Waals surface area contributed by atoms with E-state index in [1.165, 1.54) is 5.56 Å². The van der Waals surface area contributed by atoms with Crippen LogP contribution in [0.1, 0.15) is 16.2 Å². The molecule has 0 spiro atoms. The van der Waals surface area contributed by atoms with Crippen molar-refractivity contribution in [1.29, 1.82) is 0 Å². The molecule has 0 aliphatic rings. The average molecular weight is 367 g/mol. The molecule has 3 aromatic carbocycles. The maximum atomic E-state index is 6.21. The van der Waals surface area contributed by atoms with Crippen molar-refractivity contribution in [3.05, 3.63) is 125 Å². The Kier molecular flexibility index (Phi) is 5.37. The predicted octanol–water partition coefficient (Wildman–Crippen LogP) is 7.43. The maximum Gasteiger partial charge on any atom is 0.418 e. The van der Waals surface area contributed by atoms with E-state index in [1.807, 2.05) is 42.5 Å². The molecular weight excluding hydrogens is 348 g/mol. The number of hydrogen-bond donors (Lipinski definition) is 0. The quantitative estimate of drug-likeness (QED) is 0.263. The number of hydrogen-bond acceptors (Lipinski definition) is 1. The average Bonchev–Trinajstić information content (AvgIpc) is 3.23. The minimum absolute atomic E-state index is 0.893. The summed E-state index contributed by atoms with van der Waals surface area (Å²) in [5, 5.41) is 2.97. The van der Waals surface area contributed by atoms with Crippen LogP contribution in [0.4, 0.5) is 0 Å². The highest BCUT2D eigenvalue weighted by molar-refractivity contribution is 7.10. The zero-order valence-electron chi connectivity index (χ0n) is 14.8. The smallest absolute Gasteiger partial charge is 0.194 e. The Morgan fingerprint density at radius 3 is 2.07 bits per heavy atom. The fourth-order valence-electron chi connectivity index (χ4n) is 2.82. The lowest BCUT2D eigenvalue weighted by Crippen LogP contribution is -1.83. The number of rotatable bonds is 5. The summed E-state index contributed by atoms with van der Waals surface area (Å²) in [7, 11) is 0. The van der Waals surface area contributed by atoms with Crippen LogP contribution >= 0.6 is 11.3 Å². The molecule has 0 aliphatic heterocycles. The standard InChI is InChI=1S/C25H19OS/c1-4-11-20(12-5-1)13-10-18-23(21-14-6-2-7-15-21)25-26-24(19-27-25)22-16-8-3-9-17-22/h1-19H/q+1/b13-10+,23-18+. The first-order chi connectivity index (χ1) is 13.4. The van der Waals surface area contributed by atoms with E-state index in [0.29, 0.717) is 0 Å². The molecule has 1 nitrogen and oxygen atoms in total. The third-order valence-electron chi connectivity index (χ3n) is 4.19. The van der Waals surface area contributed by atoms with Crippen LogP contribution in [0.15, 0.2) is 113 Å². The second-order valence-electron chi connectivity index (χ2n) is 6.07. The van der Waals surface area contributed by atoms with Crippen molar-refractivity contribution >= 4 is 23.0 Å². The first-order valence-corrected chi connectivity index (χ1v) is 9.74. The van der Waals surface area contributed by atoms with Gasteiger partial charge in [0, 0.05) is 0 Å². The lowest BCUT2D eigenvalue weighted by atomic mass is 10.1. The van der Waals surface area contributed by atoms with Crippen molar-refractivity contribution in [1.82, 2.24) is 0 Å². The van der Waals surface area contributed by atoms with E-state index in [4.69, 9.17) is 4.42 Å². The van der Waals surface area contributed by atoms with Gasteiger partial charge in [-0.25, -0.2) is 0 Å². The molecule has 0 bridgehead atoms. The Morgan fingerprint density at radius 1 is 0.741 bits per heavy atom. The van der Waals surface area contributed by atoms with Crippen LogP contribution in [0, 0.1) is 0 Å². The Bertz CT molecular complexity index is 1050. The molecule has 0 saturated carbocycles. The van der Waals surface area contributed by atoms with Gasteiger partial charge in [0.15, 0.2) is 0 Å². The Hall–Kier alpha value is -3.23. The summed E-state index contributed by atoms with van der Waals surface area (Å²) in [6.07, 6.45) is 6.30. The van der Waals surface area contributed by atoms with Crippen LogP contribution in [0.3, 0.4) is 0 Å². The second kappa shape index (κ2) is 8.43. The zero-order valence-corrected chi connectivity index (χ0v) is 15.6. The first kappa shape index (κ1) is 17.2. The van der Waals surface area contributed by atoms with E-state index in [9.17, 15) is 0 Å². The van der Waals surface area contributed by atoms with Crippen LogP contribution in [0.2, 0.25) is 0 Å². The number of benzene rings is 3. The summed E-state index contributed by atoms with van der Waals surface area (Å²) in [5.74, 6) is 0.893. The Labute approximate surface area is 163 Å². The van der Waals surface area contributed by atoms with E-state index in [-0.39, 0.29) is 0 Å². The molecule has 27 heavy (non-hydrogen) atoms. The molecule has 0 amide bonds. The molecule has 1 aromatic heterocycles. The highest BCUT2D eigenvalue weighted by atomic mass is 32.1. The molecule has 0 N–H and O–H groups in total. The summed E-state index contributed by atoms with van der Waals surface area (Å²) in [6, 6.07) is 30.9. The van der Waals surface area contributed by atoms with Crippen LogP contribution in [0.25, 0.3) is 23.0 Å². The molecule has 1 heterocycles. The van der Waals surface area contributed by atoms with Crippen LogP contribution in [-0.4, -0.2) is 0 Å². The molecule has 4 aromatic rings. The molecule has 0 saturated heterocycles. The van der Waals surface area contributed by atoms with Crippen molar-refractivity contribution in [3.63, 3.8) is 0 Å². The lowest BCUT2D eigenvalue weighted by molar-refractivity contribution is 0.575. The van der Waals surface area contributed by atoms with Crippen molar-refractivity contribution in [3.8, 4) is 11.3 Å². The predicted molar refractivity (Wildman–Crippen MR) is 115 cm³/mol. The normalized spacial score (nSPS) is 11.8. The van der Waals surface area contributed by atoms with E-state index >= 15 is 0 Å². The van der Waals surface area contributed by atoms with E-state index in [0.717, 1.165) is 27.5 Å². The summed E-state index contributed by atoms with van der Waals surface area (Å²) in [5.41, 5.74) is 4.48. The van der Waals surface area contributed by atoms with Crippen LogP contribution in [0.5, 0.6) is 0 Å². The summed E-state index contributed by atoms with van der Waals surface area (Å²) < 4.78 is 6.21. The van der Waals surface area contributed by atoms with Gasteiger partial charge < -0.3 is 0 Å². The van der Waals surface area contributed by atoms with Gasteiger partial charge in [0.1, 0.15) is 5.38 Å². The SMILES string of the molecule is C(=C\c1ccccc1)/C=C(\c1ccccc1)c1[o+]c(-c2ccccc2)cs1. The molecule has 0 unspecified atom stereocenters. The molecule has 2 heteroatoms. The molecule has 0 radical (unpaired) electrons. The molecule has 0 fully saturated rings. The van der Waals surface area contributed by atoms with Crippen molar-refractivity contribution in [2.24, 2.45) is 0 Å². The van der Waals surface area contributed by atoms with Crippen molar-refractivity contribution in [2.45, 2.75) is 0 Å². The van der Waals surface area contributed by atoms with Gasteiger partial charge in [-0.3, -0.25) is 0 Å². The van der Waals surface area contributed by atoms with Gasteiger partial charge in [-0.15, -0.1) is 0 Å². The van der Waals surface area contributed by atoms with Gasteiger partial charge in [0.05, 0.1) is 11.1 Å². The van der Waals surface area contributed by atoms with Gasteiger partial charge in [0.2, 0.25) is 0 Å². The third kappa shape index (κ3) is 4.30. The van der Waals surface area contributed by atoms with Gasteiger partial charge in [-0.2, -0.15) is 4.42 Å². The van der Waals surface area contributed by atoms with E-state index in [1.54, 1.807) is 11.3 Å². The molecule has 4 rings (SSSR count). The van der Waals surface area contributed by atoms with Crippen molar-refractivity contribution in [2.75, 3.05) is 0 Å². The van der Waals surface area contributed by atoms with Crippen LogP contribution < -0.4 is 0 Å². The summed E-state index contributed by atoms with van der Waals surface area (Å²) >= 11 is 1.62. The molecular formula is C25H19OS+. The monoisotopic (exact) mass is 367 g/mol. The fraction of sp³-hybridized carbons (Fsp3) is 0. The highest BCUT2D eigenvalue weighted by Gasteiger charge is 2.23. The lowest BCUT2D eigenvalue weighted by Gasteiger charge is -1.97. The Balaban J connectivity index is 1.70. The van der Waals surface area contributed by atoms with E-state index < -0.39 is 0 Å². The molecule has 0 atom stereocenters. The molecule has 0 aliphatic carbocycles. The van der Waals surface area contributed by atoms with Gasteiger partial charge in [0.25, 0.3) is 0 Å². The van der Waals surface area contributed by atoms with Gasteiger partial charge in [-0.1, -0.05) is 91.0 Å². The third-order valence-corrected chi connectivity index (χ3v) is 5.04. The second-order valence-corrected chi connectivity index (χ2v) is 6.91. The van der Waals surface area contributed by atoms with Gasteiger partial charge >= 0.3 is 10.8 Å². The highest BCUT2D eigenvalue weighted by Crippen LogP contribution is 2.33. The first-order valence-electron chi connectivity index (χ1n) is 8.86. The minimum Gasteiger partial charge on any atom is -0.194 e. The minimum atomic E-state index is 0.893. The summed E-state index contributed by atoms with van der Waals surface area (Å²) in [6.45, 7) is 0. The summed E-state index contributed by atoms with van der Waals surface area (Å²) in [4.78, 5) is 0. The fourth-order valence-corrected chi connectivity index (χ4v) is 3.67. The van der Waals surface area contributed by atoms with E-state index in [2.05, 4.69) is 72.1 Å². The van der Waals surface area contributed by atoms with Crippen molar-refractivity contribution < 1.29 is 4.42 Å². The number of allylic oxidation sites excluding steroid dienone is 2. The zero-order chi connectivity index (χ0) is 18.3. The largest absolute Gasteiger partial charge is 0.418 e. The van der Waals surface area contributed by atoms with Gasteiger partial charge in [-0.05, 0) is 40.7 Å². The Morgan fingerprint density at radius 2 is 1.37 bits per heavy atom. The molecule has 130 valence electrons.